The first-order valence-electron chi connectivity index (χ1n) is 5.50. The Morgan fingerprint density at radius 2 is 2.21 bits per heavy atom. The van der Waals surface area contributed by atoms with Gasteiger partial charge in [0.05, 0.1) is 4.47 Å². The van der Waals surface area contributed by atoms with Crippen molar-refractivity contribution < 1.29 is 4.74 Å². The molecule has 3 aromatic rings. The number of aromatic nitrogens is 4. The second-order valence-electron chi connectivity index (χ2n) is 4.02. The van der Waals surface area contributed by atoms with Crippen molar-refractivity contribution in [2.75, 3.05) is 0 Å². The predicted molar refractivity (Wildman–Crippen MR) is 72.6 cm³/mol. The summed E-state index contributed by atoms with van der Waals surface area (Å²) in [6.45, 7) is 2.00. The first-order valence-corrected chi connectivity index (χ1v) is 6.29. The molecule has 0 radical (unpaired) electrons. The fourth-order valence-corrected chi connectivity index (χ4v) is 2.22. The van der Waals surface area contributed by atoms with Gasteiger partial charge >= 0.3 is 5.69 Å². The number of aryl methyl sites for hydroxylation is 1. The third-order valence-corrected chi connectivity index (χ3v) is 3.21. The number of benzene rings is 1. The molecule has 1 aromatic carbocycles. The van der Waals surface area contributed by atoms with Gasteiger partial charge in [-0.25, -0.2) is 19.3 Å². The summed E-state index contributed by atoms with van der Waals surface area (Å²) in [6, 6.07) is 7.33. The summed E-state index contributed by atoms with van der Waals surface area (Å²) in [6.07, 6.45) is 1.37. The fraction of sp³-hybridized carbons (Fsp3) is 0.0833. The summed E-state index contributed by atoms with van der Waals surface area (Å²) in [4.78, 5) is 15.4. The number of fused-ring (bicyclic) bond motifs is 1. The molecule has 19 heavy (non-hydrogen) atoms. The van der Waals surface area contributed by atoms with Crippen LogP contribution in [-0.2, 0) is 0 Å². The molecule has 0 aliphatic heterocycles. The van der Waals surface area contributed by atoms with Crippen molar-refractivity contribution in [2.45, 2.75) is 6.92 Å². The molecule has 3 rings (SSSR count). The Bertz CT molecular complexity index is 809. The quantitative estimate of drug-likeness (QED) is 0.786. The molecule has 2 heterocycles. The van der Waals surface area contributed by atoms with Crippen LogP contribution in [0, 0.1) is 6.92 Å². The molecule has 2 aromatic heterocycles. The molecular formula is C12H9BrN4O2. The number of H-pyrrole nitrogens is 1. The Morgan fingerprint density at radius 1 is 1.37 bits per heavy atom. The first-order chi connectivity index (χ1) is 9.13. The van der Waals surface area contributed by atoms with Crippen LogP contribution in [-0.4, -0.2) is 19.6 Å². The van der Waals surface area contributed by atoms with Gasteiger partial charge in [-0.15, -0.1) is 0 Å². The lowest BCUT2D eigenvalue weighted by Crippen LogP contribution is -2.09. The highest BCUT2D eigenvalue weighted by atomic mass is 79.9. The van der Waals surface area contributed by atoms with Crippen LogP contribution in [0.1, 0.15) is 5.56 Å². The average Bonchev–Trinajstić information content (AvgIpc) is 2.74. The minimum Gasteiger partial charge on any atom is -0.438 e. The van der Waals surface area contributed by atoms with Crippen molar-refractivity contribution in [3.63, 3.8) is 0 Å². The maximum absolute atomic E-state index is 11.3. The van der Waals surface area contributed by atoms with Crippen LogP contribution in [0.5, 0.6) is 11.6 Å². The second-order valence-corrected chi connectivity index (χ2v) is 4.87. The SMILES string of the molecule is Cc1ccc(Oc2cc3n[nH]c(=O)n3cn2)c(Br)c1. The standard InChI is InChI=1S/C12H9BrN4O2/c1-7-2-3-9(8(13)4-7)19-11-5-10-15-16-12(18)17(10)6-14-11/h2-6H,1H3,(H,16,18). The van der Waals surface area contributed by atoms with Gasteiger partial charge in [-0.2, -0.15) is 5.10 Å². The van der Waals surface area contributed by atoms with E-state index in [1.807, 2.05) is 25.1 Å². The molecule has 0 amide bonds. The van der Waals surface area contributed by atoms with E-state index in [9.17, 15) is 4.79 Å². The molecule has 1 N–H and O–H groups in total. The number of hydrogen-bond acceptors (Lipinski definition) is 4. The summed E-state index contributed by atoms with van der Waals surface area (Å²) in [5.74, 6) is 1.02. The molecular weight excluding hydrogens is 312 g/mol. The maximum Gasteiger partial charge on any atom is 0.348 e. The van der Waals surface area contributed by atoms with Crippen LogP contribution in [0.3, 0.4) is 0 Å². The number of rotatable bonds is 2. The zero-order chi connectivity index (χ0) is 13.4. The third-order valence-electron chi connectivity index (χ3n) is 2.59. The van der Waals surface area contributed by atoms with E-state index in [2.05, 4.69) is 31.1 Å². The van der Waals surface area contributed by atoms with Gasteiger partial charge in [0.2, 0.25) is 5.88 Å². The van der Waals surface area contributed by atoms with Crippen LogP contribution in [0.15, 0.2) is 39.9 Å². The Balaban J connectivity index is 1.98. The van der Waals surface area contributed by atoms with Gasteiger partial charge in [0, 0.05) is 6.07 Å². The van der Waals surface area contributed by atoms with Gasteiger partial charge in [0.25, 0.3) is 0 Å². The maximum atomic E-state index is 11.3. The zero-order valence-corrected chi connectivity index (χ0v) is 11.5. The molecule has 96 valence electrons. The molecule has 0 aliphatic carbocycles. The van der Waals surface area contributed by atoms with Crippen LogP contribution in [0.4, 0.5) is 0 Å². The normalized spacial score (nSPS) is 10.8. The van der Waals surface area contributed by atoms with E-state index in [0.717, 1.165) is 10.0 Å². The van der Waals surface area contributed by atoms with E-state index < -0.39 is 0 Å². The second kappa shape index (κ2) is 4.51. The predicted octanol–water partition coefficient (Wildman–Crippen LogP) is 2.28. The van der Waals surface area contributed by atoms with Gasteiger partial charge in [-0.05, 0) is 40.5 Å². The minimum absolute atomic E-state index is 0.328. The monoisotopic (exact) mass is 320 g/mol. The molecule has 7 heteroatoms. The highest BCUT2D eigenvalue weighted by molar-refractivity contribution is 9.10. The van der Waals surface area contributed by atoms with Crippen LogP contribution < -0.4 is 10.4 Å². The zero-order valence-electron chi connectivity index (χ0n) is 9.92. The molecule has 0 saturated carbocycles. The fourth-order valence-electron chi connectivity index (χ4n) is 1.65. The summed E-state index contributed by atoms with van der Waals surface area (Å²) in [7, 11) is 0. The topological polar surface area (TPSA) is 72.3 Å². The Morgan fingerprint density at radius 3 is 3.00 bits per heavy atom. The lowest BCUT2D eigenvalue weighted by atomic mass is 10.2. The number of nitrogens with one attached hydrogen (secondary N) is 1. The van der Waals surface area contributed by atoms with Crippen molar-refractivity contribution in [3.8, 4) is 11.6 Å². The van der Waals surface area contributed by atoms with Crippen LogP contribution >= 0.6 is 15.9 Å². The Kier molecular flexibility index (Phi) is 2.83. The van der Waals surface area contributed by atoms with Gasteiger partial charge in [-0.3, -0.25) is 0 Å². The molecule has 0 spiro atoms. The molecule has 0 aliphatic rings. The highest BCUT2D eigenvalue weighted by Crippen LogP contribution is 2.29. The van der Waals surface area contributed by atoms with Gasteiger partial charge < -0.3 is 4.74 Å². The minimum atomic E-state index is -0.328. The largest absolute Gasteiger partial charge is 0.438 e. The molecule has 0 atom stereocenters. The van der Waals surface area contributed by atoms with E-state index in [-0.39, 0.29) is 5.69 Å². The van der Waals surface area contributed by atoms with Crippen molar-refractivity contribution in [2.24, 2.45) is 0 Å². The van der Waals surface area contributed by atoms with Crippen LogP contribution in [0.2, 0.25) is 0 Å². The molecule has 0 saturated heterocycles. The first kappa shape index (κ1) is 11.9. The molecule has 0 unspecified atom stereocenters. The number of nitrogens with zero attached hydrogens (tertiary/aromatic N) is 3. The Hall–Kier alpha value is -2.15. The highest BCUT2D eigenvalue weighted by Gasteiger charge is 2.06. The van der Waals surface area contributed by atoms with E-state index in [1.165, 1.54) is 10.7 Å². The number of halogens is 1. The summed E-state index contributed by atoms with van der Waals surface area (Å²) in [5, 5.41) is 6.19. The van der Waals surface area contributed by atoms with E-state index in [0.29, 0.717) is 17.3 Å². The lowest BCUT2D eigenvalue weighted by molar-refractivity contribution is 0.459. The molecule has 6 nitrogen and oxygen atoms in total. The van der Waals surface area contributed by atoms with Gasteiger partial charge in [0.1, 0.15) is 12.1 Å². The third kappa shape index (κ3) is 2.24. The van der Waals surface area contributed by atoms with Crippen molar-refractivity contribution in [1.82, 2.24) is 19.6 Å². The van der Waals surface area contributed by atoms with Crippen LogP contribution in [0.25, 0.3) is 5.65 Å². The summed E-state index contributed by atoms with van der Waals surface area (Å²) in [5.41, 5.74) is 1.25. The summed E-state index contributed by atoms with van der Waals surface area (Å²) < 4.78 is 7.80. The van der Waals surface area contributed by atoms with Gasteiger partial charge in [0.15, 0.2) is 5.65 Å². The number of hydrogen-bond donors (Lipinski definition) is 1. The van der Waals surface area contributed by atoms with E-state index >= 15 is 0 Å². The van der Waals surface area contributed by atoms with E-state index in [1.54, 1.807) is 6.07 Å². The average molecular weight is 321 g/mol. The van der Waals surface area contributed by atoms with Crippen molar-refractivity contribution >= 4 is 21.6 Å². The lowest BCUT2D eigenvalue weighted by Gasteiger charge is -2.07. The molecule has 0 bridgehead atoms. The van der Waals surface area contributed by atoms with E-state index in [4.69, 9.17) is 4.74 Å². The molecule has 0 fully saturated rings. The summed E-state index contributed by atoms with van der Waals surface area (Å²) >= 11 is 3.43. The van der Waals surface area contributed by atoms with Crippen molar-refractivity contribution in [3.05, 3.63) is 51.1 Å². The number of ether oxygens (including phenoxy) is 1. The van der Waals surface area contributed by atoms with Crippen molar-refractivity contribution in [1.29, 1.82) is 0 Å². The Labute approximate surface area is 116 Å². The smallest absolute Gasteiger partial charge is 0.348 e. The van der Waals surface area contributed by atoms with Gasteiger partial charge in [-0.1, -0.05) is 6.07 Å². The number of aromatic amines is 1.